The molecule has 17 heavy (non-hydrogen) atoms. The van der Waals surface area contributed by atoms with E-state index in [-0.39, 0.29) is 23.1 Å². The highest BCUT2D eigenvalue weighted by Gasteiger charge is 2.28. The van der Waals surface area contributed by atoms with Crippen molar-refractivity contribution in [2.75, 3.05) is 19.8 Å². The van der Waals surface area contributed by atoms with Crippen molar-refractivity contribution in [3.8, 4) is 5.75 Å². The Morgan fingerprint density at radius 2 is 2.24 bits per heavy atom. The standard InChI is InChI=1S/C13H18FNO2/c1-13(2)9-16-7-10(15-13)8-17-12-6-4-3-5-11(12)14/h3-6,10,15H,7-9H2,1-2H3. The molecule has 1 aromatic rings. The van der Waals surface area contributed by atoms with Gasteiger partial charge in [0.15, 0.2) is 11.6 Å². The molecule has 3 nitrogen and oxygen atoms in total. The minimum atomic E-state index is -0.330. The lowest BCUT2D eigenvalue weighted by atomic mass is 10.0. The number of para-hydroxylation sites is 1. The lowest BCUT2D eigenvalue weighted by Crippen LogP contribution is -2.57. The van der Waals surface area contributed by atoms with Crippen LogP contribution in [0.4, 0.5) is 4.39 Å². The van der Waals surface area contributed by atoms with Crippen molar-refractivity contribution in [2.45, 2.75) is 25.4 Å². The largest absolute Gasteiger partial charge is 0.489 e. The van der Waals surface area contributed by atoms with Crippen LogP contribution in [0.15, 0.2) is 24.3 Å². The third kappa shape index (κ3) is 3.41. The van der Waals surface area contributed by atoms with Crippen molar-refractivity contribution in [1.82, 2.24) is 5.32 Å². The van der Waals surface area contributed by atoms with Crippen molar-refractivity contribution in [3.05, 3.63) is 30.1 Å². The van der Waals surface area contributed by atoms with Crippen molar-refractivity contribution >= 4 is 0 Å². The summed E-state index contributed by atoms with van der Waals surface area (Å²) in [7, 11) is 0. The van der Waals surface area contributed by atoms with Gasteiger partial charge in [-0.2, -0.15) is 0 Å². The number of nitrogens with one attached hydrogen (secondary N) is 1. The molecule has 0 bridgehead atoms. The van der Waals surface area contributed by atoms with Crippen LogP contribution in [0.5, 0.6) is 5.75 Å². The molecule has 1 saturated heterocycles. The van der Waals surface area contributed by atoms with Crippen molar-refractivity contribution < 1.29 is 13.9 Å². The molecular weight excluding hydrogens is 221 g/mol. The number of benzene rings is 1. The predicted molar refractivity (Wildman–Crippen MR) is 63.7 cm³/mol. The number of halogens is 1. The van der Waals surface area contributed by atoms with Crippen LogP contribution in [0.25, 0.3) is 0 Å². The second kappa shape index (κ2) is 5.02. The zero-order valence-corrected chi connectivity index (χ0v) is 10.2. The van der Waals surface area contributed by atoms with E-state index in [0.717, 1.165) is 0 Å². The molecule has 1 unspecified atom stereocenters. The van der Waals surface area contributed by atoms with Crippen LogP contribution in [-0.2, 0) is 4.74 Å². The summed E-state index contributed by atoms with van der Waals surface area (Å²) in [6, 6.07) is 6.52. The summed E-state index contributed by atoms with van der Waals surface area (Å²) in [4.78, 5) is 0. The van der Waals surface area contributed by atoms with Crippen molar-refractivity contribution in [3.63, 3.8) is 0 Å². The first kappa shape index (κ1) is 12.3. The fourth-order valence-corrected chi connectivity index (χ4v) is 1.93. The maximum atomic E-state index is 13.3. The Hall–Kier alpha value is -1.13. The minimum Gasteiger partial charge on any atom is -0.489 e. The summed E-state index contributed by atoms with van der Waals surface area (Å²) in [5, 5.41) is 3.41. The Labute approximate surface area is 101 Å². The van der Waals surface area contributed by atoms with Gasteiger partial charge < -0.3 is 14.8 Å². The first-order valence-electron chi connectivity index (χ1n) is 5.80. The quantitative estimate of drug-likeness (QED) is 0.874. The van der Waals surface area contributed by atoms with E-state index in [1.54, 1.807) is 18.2 Å². The van der Waals surface area contributed by atoms with E-state index < -0.39 is 0 Å². The molecule has 94 valence electrons. The Morgan fingerprint density at radius 3 is 2.94 bits per heavy atom. The molecule has 0 radical (unpaired) electrons. The maximum Gasteiger partial charge on any atom is 0.165 e. The molecule has 2 rings (SSSR count). The van der Waals surface area contributed by atoms with Crippen LogP contribution >= 0.6 is 0 Å². The molecule has 1 aromatic carbocycles. The van der Waals surface area contributed by atoms with E-state index in [0.29, 0.717) is 19.8 Å². The summed E-state index contributed by atoms with van der Waals surface area (Å²) in [5.74, 6) is -0.0406. The van der Waals surface area contributed by atoms with Gasteiger partial charge in [-0.15, -0.1) is 0 Å². The minimum absolute atomic E-state index is 0.0541. The number of hydrogen-bond acceptors (Lipinski definition) is 3. The number of morpholine rings is 1. The third-order valence-corrected chi connectivity index (χ3v) is 2.65. The molecule has 1 heterocycles. The molecule has 0 aliphatic carbocycles. The average molecular weight is 239 g/mol. The molecular formula is C13H18FNO2. The van der Waals surface area contributed by atoms with Crippen molar-refractivity contribution in [2.24, 2.45) is 0 Å². The molecule has 4 heteroatoms. The van der Waals surface area contributed by atoms with E-state index >= 15 is 0 Å². The second-order valence-electron chi connectivity index (χ2n) is 4.98. The zero-order chi connectivity index (χ0) is 12.3. The first-order chi connectivity index (χ1) is 8.07. The summed E-state index contributed by atoms with van der Waals surface area (Å²) >= 11 is 0. The molecule has 0 spiro atoms. The summed E-state index contributed by atoms with van der Waals surface area (Å²) < 4.78 is 24.3. The lowest BCUT2D eigenvalue weighted by molar-refractivity contribution is 0.000592. The molecule has 1 fully saturated rings. The van der Waals surface area contributed by atoms with Gasteiger partial charge in [-0.25, -0.2) is 4.39 Å². The van der Waals surface area contributed by atoms with E-state index in [4.69, 9.17) is 9.47 Å². The third-order valence-electron chi connectivity index (χ3n) is 2.65. The SMILES string of the molecule is CC1(C)COCC(COc2ccccc2F)N1. The van der Waals surface area contributed by atoms with E-state index in [1.807, 2.05) is 0 Å². The molecule has 0 aromatic heterocycles. The Morgan fingerprint density at radius 1 is 1.47 bits per heavy atom. The predicted octanol–water partition coefficient (Wildman–Crippen LogP) is 1.97. The fraction of sp³-hybridized carbons (Fsp3) is 0.538. The van der Waals surface area contributed by atoms with E-state index in [2.05, 4.69) is 19.2 Å². The number of rotatable bonds is 3. The Kier molecular flexibility index (Phi) is 3.64. The highest BCUT2D eigenvalue weighted by Crippen LogP contribution is 2.17. The Balaban J connectivity index is 1.88. The van der Waals surface area contributed by atoms with Crippen LogP contribution in [0, 0.1) is 5.82 Å². The molecule has 1 N–H and O–H groups in total. The second-order valence-corrected chi connectivity index (χ2v) is 4.98. The number of ether oxygens (including phenoxy) is 2. The topological polar surface area (TPSA) is 30.5 Å². The monoisotopic (exact) mass is 239 g/mol. The van der Waals surface area contributed by atoms with Crippen molar-refractivity contribution in [1.29, 1.82) is 0 Å². The van der Waals surface area contributed by atoms with E-state index in [9.17, 15) is 4.39 Å². The van der Waals surface area contributed by atoms with Gasteiger partial charge >= 0.3 is 0 Å². The molecule has 1 atom stereocenters. The molecule has 1 aliphatic rings. The van der Waals surface area contributed by atoms with Gasteiger partial charge in [0.2, 0.25) is 0 Å². The lowest BCUT2D eigenvalue weighted by Gasteiger charge is -2.36. The van der Waals surface area contributed by atoms with Crippen LogP contribution in [-0.4, -0.2) is 31.4 Å². The maximum absolute atomic E-state index is 13.3. The van der Waals surface area contributed by atoms with Crippen LogP contribution in [0.3, 0.4) is 0 Å². The number of hydrogen-bond donors (Lipinski definition) is 1. The highest BCUT2D eigenvalue weighted by atomic mass is 19.1. The average Bonchev–Trinajstić information content (AvgIpc) is 2.27. The van der Waals surface area contributed by atoms with Crippen LogP contribution in [0.1, 0.15) is 13.8 Å². The first-order valence-corrected chi connectivity index (χ1v) is 5.80. The van der Waals surface area contributed by atoms with Gasteiger partial charge in [-0.05, 0) is 26.0 Å². The van der Waals surface area contributed by atoms with Gasteiger partial charge in [0, 0.05) is 5.54 Å². The molecule has 0 amide bonds. The normalized spacial score (nSPS) is 23.4. The van der Waals surface area contributed by atoms with Gasteiger partial charge in [0.25, 0.3) is 0 Å². The molecule has 1 aliphatic heterocycles. The zero-order valence-electron chi connectivity index (χ0n) is 10.2. The Bertz CT molecular complexity index is 381. The fourth-order valence-electron chi connectivity index (χ4n) is 1.93. The van der Waals surface area contributed by atoms with Gasteiger partial charge in [-0.3, -0.25) is 0 Å². The highest BCUT2D eigenvalue weighted by molar-refractivity contribution is 5.23. The molecule has 0 saturated carbocycles. The van der Waals surface area contributed by atoms with Crippen LogP contribution < -0.4 is 10.1 Å². The van der Waals surface area contributed by atoms with Gasteiger partial charge in [0.1, 0.15) is 6.61 Å². The summed E-state index contributed by atoms with van der Waals surface area (Å²) in [6.07, 6.45) is 0. The smallest absolute Gasteiger partial charge is 0.165 e. The van der Waals surface area contributed by atoms with E-state index in [1.165, 1.54) is 6.07 Å². The van der Waals surface area contributed by atoms with Gasteiger partial charge in [-0.1, -0.05) is 12.1 Å². The van der Waals surface area contributed by atoms with Gasteiger partial charge in [0.05, 0.1) is 19.3 Å². The van der Waals surface area contributed by atoms with Crippen LogP contribution in [0.2, 0.25) is 0 Å². The summed E-state index contributed by atoms with van der Waals surface area (Å²) in [6.45, 7) is 5.83. The summed E-state index contributed by atoms with van der Waals surface area (Å²) in [5.41, 5.74) is -0.0541.